The van der Waals surface area contributed by atoms with Crippen molar-refractivity contribution in [2.24, 2.45) is 11.8 Å². The van der Waals surface area contributed by atoms with Gasteiger partial charge in [-0.15, -0.1) is 24.7 Å². The van der Waals surface area contributed by atoms with Gasteiger partial charge in [0.25, 0.3) is 0 Å². The number of carbonyl (C=O) groups excluding carboxylic acids is 10. The molecule has 1 aliphatic heterocycles. The number of carbonyl (C=O) groups is 10. The van der Waals surface area contributed by atoms with E-state index < -0.39 is 11.8 Å². The minimum atomic E-state index is -0.509. The minimum Gasteiger partial charge on any atom is -0.469 e. The number of piperidine rings is 1. The average molecular weight is 1230 g/mol. The van der Waals surface area contributed by atoms with Gasteiger partial charge in [-0.05, 0) is 38.8 Å². The quantitative estimate of drug-likeness (QED) is 0.0453. The molecule has 1 fully saturated rings. The second-order valence-corrected chi connectivity index (χ2v) is 23.7. The predicted octanol–water partition coefficient (Wildman–Crippen LogP) is 4.84. The second-order valence-electron chi connectivity index (χ2n) is 21.4. The molecule has 1 saturated heterocycles. The first-order valence-electron chi connectivity index (χ1n) is 30.8. The third-order valence-corrected chi connectivity index (χ3v) is 17.5. The average Bonchev–Trinajstić information content (AvgIpc) is 3.66. The van der Waals surface area contributed by atoms with E-state index in [0.29, 0.717) is 74.6 Å². The second kappa shape index (κ2) is 46.7. The van der Waals surface area contributed by atoms with Crippen molar-refractivity contribution >= 4 is 82.7 Å². The number of esters is 2. The standard InChI is InChI=1S/C62H105N9O12S2/c1-12-18-21-25-57(76)63(9)31-33-69(58(77)26-22-19-13-2)40-39-67(55(74)16-5)36-35-66(54(73)15-4)37-38-68(56(75)17-6)42-44-71(62(81)52(8)50-85-48-28-60(79)83-11)46-45-70(61(80)51(7)49-84-47-27-59(78)82-10)43-41-65(53(72)14-3)34-32-64-29-23-20-24-30-64/h1-2,51-52H,14-50H2,3-11H3. The van der Waals surface area contributed by atoms with Crippen LogP contribution < -0.4 is 0 Å². The lowest BCUT2D eigenvalue weighted by atomic mass is 10.1. The Morgan fingerprint density at radius 1 is 0.447 bits per heavy atom. The van der Waals surface area contributed by atoms with Crippen molar-refractivity contribution in [2.45, 2.75) is 138 Å². The molecule has 0 aromatic heterocycles. The van der Waals surface area contributed by atoms with Gasteiger partial charge in [-0.1, -0.05) is 48.0 Å². The molecular weight excluding hydrogens is 1130 g/mol. The molecule has 0 saturated carbocycles. The number of unbranched alkanes of at least 4 members (excludes halogenated alkanes) is 2. The molecule has 23 heteroatoms. The molecule has 0 spiro atoms. The molecule has 85 heavy (non-hydrogen) atoms. The van der Waals surface area contributed by atoms with Crippen LogP contribution in [0, 0.1) is 36.5 Å². The normalized spacial score (nSPS) is 12.8. The van der Waals surface area contributed by atoms with Gasteiger partial charge in [0.1, 0.15) is 0 Å². The Balaban J connectivity index is 3.51. The van der Waals surface area contributed by atoms with E-state index in [4.69, 9.17) is 22.3 Å². The van der Waals surface area contributed by atoms with Gasteiger partial charge in [0.15, 0.2) is 0 Å². The summed E-state index contributed by atoms with van der Waals surface area (Å²) in [5, 5.41) is 0. The van der Waals surface area contributed by atoms with Gasteiger partial charge in [-0.3, -0.25) is 47.9 Å². The summed E-state index contributed by atoms with van der Waals surface area (Å²) in [7, 11) is 4.34. The lowest BCUT2D eigenvalue weighted by molar-refractivity contribution is -0.141. The van der Waals surface area contributed by atoms with Crippen LogP contribution in [0.2, 0.25) is 0 Å². The van der Waals surface area contributed by atoms with Crippen LogP contribution in [0.25, 0.3) is 0 Å². The fraction of sp³-hybridized carbons (Fsp3) is 0.774. The molecule has 2 atom stereocenters. The monoisotopic (exact) mass is 1230 g/mol. The van der Waals surface area contributed by atoms with Crippen molar-refractivity contribution in [3.05, 3.63) is 0 Å². The third kappa shape index (κ3) is 32.7. The summed E-state index contributed by atoms with van der Waals surface area (Å²) >= 11 is 2.92. The summed E-state index contributed by atoms with van der Waals surface area (Å²) in [6.45, 7) is 16.4. The Hall–Kier alpha value is -5.52. The third-order valence-electron chi connectivity index (χ3n) is 15.1. The van der Waals surface area contributed by atoms with Gasteiger partial charge >= 0.3 is 11.9 Å². The molecule has 0 N–H and O–H groups in total. The number of likely N-dealkylation sites (tertiary alicyclic amines) is 1. The summed E-state index contributed by atoms with van der Waals surface area (Å²) in [5.41, 5.74) is 0. The molecule has 8 amide bonds. The Morgan fingerprint density at radius 3 is 1.11 bits per heavy atom. The maximum Gasteiger partial charge on any atom is 0.306 e. The fourth-order valence-corrected chi connectivity index (χ4v) is 11.4. The van der Waals surface area contributed by atoms with Crippen molar-refractivity contribution in [1.82, 2.24) is 44.1 Å². The van der Waals surface area contributed by atoms with Crippen molar-refractivity contribution < 1.29 is 57.4 Å². The highest BCUT2D eigenvalue weighted by molar-refractivity contribution is 7.99. The number of hydrogen-bond acceptors (Lipinski definition) is 15. The van der Waals surface area contributed by atoms with Crippen molar-refractivity contribution in [2.75, 3.05) is 162 Å². The van der Waals surface area contributed by atoms with E-state index in [-0.39, 0.29) is 183 Å². The van der Waals surface area contributed by atoms with E-state index >= 15 is 0 Å². The van der Waals surface area contributed by atoms with Gasteiger partial charge in [-0.2, -0.15) is 23.5 Å². The summed E-state index contributed by atoms with van der Waals surface area (Å²) in [5.74, 6) is 4.05. The molecule has 0 bridgehead atoms. The van der Waals surface area contributed by atoms with Crippen LogP contribution in [-0.4, -0.2) is 265 Å². The van der Waals surface area contributed by atoms with E-state index in [1.54, 1.807) is 62.1 Å². The van der Waals surface area contributed by atoms with Crippen LogP contribution in [0.3, 0.4) is 0 Å². The molecular formula is C62H105N9O12S2. The molecule has 0 aromatic carbocycles. The lowest BCUT2D eigenvalue weighted by Crippen LogP contribution is -2.50. The Kier molecular flexibility index (Phi) is 42.5. The maximum atomic E-state index is 14.6. The van der Waals surface area contributed by atoms with Gasteiger partial charge in [-0.25, -0.2) is 0 Å². The zero-order valence-electron chi connectivity index (χ0n) is 53.2. The van der Waals surface area contributed by atoms with Crippen molar-refractivity contribution in [1.29, 1.82) is 0 Å². The van der Waals surface area contributed by atoms with E-state index in [0.717, 1.165) is 32.5 Å². The molecule has 0 aliphatic carbocycles. The summed E-state index contributed by atoms with van der Waals surface area (Å²) in [6, 6.07) is 0. The SMILES string of the molecule is C#CCCCC(=O)N(C)CCN(CCN(CCN(CCN(CCN(CCN(CCN(CCN1CCCCC1)C(=O)CC)C(=O)C(C)CSCCC(=O)OC)C(=O)C(C)CSCCC(=O)OC)C(=O)CC)C(=O)CC)C(=O)CC)C(=O)CCCC#C. The van der Waals surface area contributed by atoms with Crippen LogP contribution in [0.1, 0.15) is 138 Å². The highest BCUT2D eigenvalue weighted by Crippen LogP contribution is 2.17. The van der Waals surface area contributed by atoms with Crippen LogP contribution >= 0.6 is 23.5 Å². The summed E-state index contributed by atoms with van der Waals surface area (Å²) in [4.78, 5) is 149. The Morgan fingerprint density at radius 2 is 0.765 bits per heavy atom. The number of methoxy groups -OCH3 is 2. The maximum absolute atomic E-state index is 14.6. The van der Waals surface area contributed by atoms with E-state index in [9.17, 15) is 47.9 Å². The largest absolute Gasteiger partial charge is 0.469 e. The lowest BCUT2D eigenvalue weighted by Gasteiger charge is -2.35. The van der Waals surface area contributed by atoms with E-state index in [1.165, 1.54) is 44.2 Å². The molecule has 1 heterocycles. The van der Waals surface area contributed by atoms with Crippen molar-refractivity contribution in [3.63, 3.8) is 0 Å². The number of amides is 8. The number of rotatable bonds is 46. The molecule has 1 rings (SSSR count). The summed E-state index contributed by atoms with van der Waals surface area (Å²) in [6.07, 6.45) is 17.9. The first-order chi connectivity index (χ1) is 40.7. The smallest absolute Gasteiger partial charge is 0.306 e. The van der Waals surface area contributed by atoms with Crippen LogP contribution in [0.4, 0.5) is 0 Å². The van der Waals surface area contributed by atoms with Crippen LogP contribution in [0.15, 0.2) is 0 Å². The minimum absolute atomic E-state index is 0.0142. The molecule has 21 nitrogen and oxygen atoms in total. The number of likely N-dealkylation sites (N-methyl/N-ethyl adjacent to an activating group) is 1. The number of terminal acetylenes is 2. The predicted molar refractivity (Wildman–Crippen MR) is 337 cm³/mol. The molecule has 1 aliphatic rings. The topological polar surface area (TPSA) is 218 Å². The first kappa shape index (κ1) is 77.5. The Labute approximate surface area is 518 Å². The fourth-order valence-electron chi connectivity index (χ4n) is 9.49. The first-order valence-corrected chi connectivity index (χ1v) is 33.1. The number of nitrogens with zero attached hydrogens (tertiary/aromatic N) is 9. The van der Waals surface area contributed by atoms with Crippen molar-refractivity contribution in [3.8, 4) is 24.7 Å². The van der Waals surface area contributed by atoms with Crippen LogP contribution in [0.5, 0.6) is 0 Å². The number of hydrogen-bond donors (Lipinski definition) is 0. The zero-order valence-corrected chi connectivity index (χ0v) is 54.8. The molecule has 0 radical (unpaired) electrons. The Bertz CT molecular complexity index is 2140. The van der Waals surface area contributed by atoms with E-state index in [2.05, 4.69) is 16.7 Å². The molecule has 0 aromatic rings. The van der Waals surface area contributed by atoms with Gasteiger partial charge in [0.05, 0.1) is 27.1 Å². The molecule has 482 valence electrons. The van der Waals surface area contributed by atoms with E-state index in [1.807, 2.05) is 25.7 Å². The highest BCUT2D eigenvalue weighted by atomic mass is 32.2. The number of thioether (sulfide) groups is 2. The molecule has 2 unspecified atom stereocenters. The highest BCUT2D eigenvalue weighted by Gasteiger charge is 2.28. The van der Waals surface area contributed by atoms with Gasteiger partial charge in [0, 0.05) is 198 Å². The zero-order chi connectivity index (χ0) is 63.5. The van der Waals surface area contributed by atoms with Gasteiger partial charge < -0.3 is 53.6 Å². The van der Waals surface area contributed by atoms with Gasteiger partial charge in [0.2, 0.25) is 47.3 Å². The summed E-state index contributed by atoms with van der Waals surface area (Å²) < 4.78 is 9.61. The van der Waals surface area contributed by atoms with Crippen LogP contribution in [-0.2, 0) is 57.4 Å². The number of ether oxygens (including phenoxy) is 2.